The van der Waals surface area contributed by atoms with Crippen molar-refractivity contribution in [2.24, 2.45) is 5.41 Å². The highest BCUT2D eigenvalue weighted by molar-refractivity contribution is 5.43. The van der Waals surface area contributed by atoms with Gasteiger partial charge in [0.25, 0.3) is 0 Å². The topological polar surface area (TPSA) is 45.2 Å². The third-order valence-corrected chi connectivity index (χ3v) is 2.78. The summed E-state index contributed by atoms with van der Waals surface area (Å²) in [5.41, 5.74) is 1.24. The van der Waals surface area contributed by atoms with E-state index in [2.05, 4.69) is 31.1 Å². The Hall–Kier alpha value is -1.09. The largest absolute Gasteiger partial charge is 0.396 e. The fraction of sp³-hybridized carbons (Fsp3) is 0.615. The third kappa shape index (κ3) is 3.49. The normalized spacial score (nSPS) is 13.6. The van der Waals surface area contributed by atoms with Gasteiger partial charge in [-0.25, -0.2) is 4.98 Å². The van der Waals surface area contributed by atoms with Gasteiger partial charge in [0.2, 0.25) is 0 Å². The van der Waals surface area contributed by atoms with E-state index in [0.29, 0.717) is 0 Å². The van der Waals surface area contributed by atoms with E-state index in [1.54, 1.807) is 6.20 Å². The van der Waals surface area contributed by atoms with Crippen molar-refractivity contribution < 1.29 is 5.11 Å². The van der Waals surface area contributed by atoms with Gasteiger partial charge in [-0.05, 0) is 30.4 Å². The number of nitrogens with one attached hydrogen (secondary N) is 1. The van der Waals surface area contributed by atoms with Crippen molar-refractivity contribution in [1.82, 2.24) is 4.98 Å². The Kier molecular flexibility index (Phi) is 4.30. The van der Waals surface area contributed by atoms with E-state index in [-0.39, 0.29) is 18.1 Å². The average molecular weight is 222 g/mol. The van der Waals surface area contributed by atoms with Crippen LogP contribution in [0.25, 0.3) is 0 Å². The molecule has 1 unspecified atom stereocenters. The van der Waals surface area contributed by atoms with Crippen LogP contribution in [0.15, 0.2) is 18.3 Å². The van der Waals surface area contributed by atoms with Crippen molar-refractivity contribution in [3.05, 3.63) is 23.9 Å². The van der Waals surface area contributed by atoms with Crippen LogP contribution in [0, 0.1) is 12.3 Å². The van der Waals surface area contributed by atoms with E-state index in [9.17, 15) is 0 Å². The van der Waals surface area contributed by atoms with Crippen molar-refractivity contribution in [2.75, 3.05) is 11.9 Å². The maximum atomic E-state index is 9.09. The molecule has 0 fully saturated rings. The van der Waals surface area contributed by atoms with Crippen LogP contribution in [-0.2, 0) is 0 Å². The number of hydrogen-bond donors (Lipinski definition) is 2. The summed E-state index contributed by atoms with van der Waals surface area (Å²) in [6.45, 7) is 8.73. The second-order valence-electron chi connectivity index (χ2n) is 5.24. The Balaban J connectivity index is 2.80. The van der Waals surface area contributed by atoms with Gasteiger partial charge in [-0.1, -0.05) is 26.8 Å². The van der Waals surface area contributed by atoms with Gasteiger partial charge >= 0.3 is 0 Å². The molecule has 0 aromatic carbocycles. The molecular formula is C13H22N2O. The molecule has 1 aromatic rings. The highest BCUT2D eigenvalue weighted by Crippen LogP contribution is 2.25. The van der Waals surface area contributed by atoms with E-state index in [0.717, 1.165) is 17.8 Å². The molecule has 2 N–H and O–H groups in total. The number of aliphatic hydroxyl groups excluding tert-OH is 1. The Bertz CT molecular complexity index is 331. The Labute approximate surface area is 97.9 Å². The lowest BCUT2D eigenvalue weighted by molar-refractivity contribution is 0.235. The van der Waals surface area contributed by atoms with Gasteiger partial charge in [0.15, 0.2) is 0 Å². The van der Waals surface area contributed by atoms with Crippen LogP contribution in [-0.4, -0.2) is 22.7 Å². The molecule has 0 saturated heterocycles. The van der Waals surface area contributed by atoms with Gasteiger partial charge in [-0.3, -0.25) is 0 Å². The van der Waals surface area contributed by atoms with E-state index in [1.165, 1.54) is 0 Å². The lowest BCUT2D eigenvalue weighted by atomic mass is 9.85. The first-order valence-corrected chi connectivity index (χ1v) is 5.74. The minimum absolute atomic E-state index is 0.104. The number of aliphatic hydroxyl groups is 1. The second-order valence-corrected chi connectivity index (χ2v) is 5.24. The number of anilines is 1. The molecule has 0 amide bonds. The minimum Gasteiger partial charge on any atom is -0.396 e. The maximum absolute atomic E-state index is 9.09. The molecule has 0 saturated carbocycles. The van der Waals surface area contributed by atoms with Gasteiger partial charge in [0, 0.05) is 18.8 Å². The van der Waals surface area contributed by atoms with E-state index >= 15 is 0 Å². The standard InChI is InChI=1S/C13H22N2O/c1-10-6-5-8-14-12(10)15-11(7-9-16)13(2,3)4/h5-6,8,11,16H,7,9H2,1-4H3,(H,14,15). The first-order valence-electron chi connectivity index (χ1n) is 5.74. The quantitative estimate of drug-likeness (QED) is 0.823. The van der Waals surface area contributed by atoms with E-state index in [1.807, 2.05) is 19.1 Å². The molecule has 16 heavy (non-hydrogen) atoms. The number of aromatic nitrogens is 1. The summed E-state index contributed by atoms with van der Waals surface area (Å²) in [4.78, 5) is 4.32. The van der Waals surface area contributed by atoms with Crippen LogP contribution in [0.4, 0.5) is 5.82 Å². The predicted octanol–water partition coefficient (Wildman–Crippen LogP) is 2.60. The molecule has 1 heterocycles. The lowest BCUT2D eigenvalue weighted by Gasteiger charge is -2.32. The van der Waals surface area contributed by atoms with Crippen molar-refractivity contribution in [1.29, 1.82) is 0 Å². The van der Waals surface area contributed by atoms with Crippen LogP contribution in [0.1, 0.15) is 32.8 Å². The zero-order valence-electron chi connectivity index (χ0n) is 10.6. The molecule has 0 aliphatic heterocycles. The van der Waals surface area contributed by atoms with Gasteiger partial charge in [0.1, 0.15) is 5.82 Å². The highest BCUT2D eigenvalue weighted by Gasteiger charge is 2.24. The third-order valence-electron chi connectivity index (χ3n) is 2.78. The number of rotatable bonds is 4. The minimum atomic E-state index is 0.104. The zero-order valence-corrected chi connectivity index (χ0v) is 10.6. The first kappa shape index (κ1) is 13.0. The van der Waals surface area contributed by atoms with Gasteiger partial charge in [-0.15, -0.1) is 0 Å². The first-order chi connectivity index (χ1) is 7.45. The Morgan fingerprint density at radius 3 is 2.62 bits per heavy atom. The van der Waals surface area contributed by atoms with Gasteiger partial charge in [-0.2, -0.15) is 0 Å². The summed E-state index contributed by atoms with van der Waals surface area (Å²) in [6.07, 6.45) is 2.52. The molecule has 0 spiro atoms. The molecule has 90 valence electrons. The van der Waals surface area contributed by atoms with Crippen molar-refractivity contribution in [2.45, 2.75) is 40.2 Å². The monoisotopic (exact) mass is 222 g/mol. The molecular weight excluding hydrogens is 200 g/mol. The summed E-state index contributed by atoms with van der Waals surface area (Å²) in [7, 11) is 0. The maximum Gasteiger partial charge on any atom is 0.129 e. The summed E-state index contributed by atoms with van der Waals surface area (Å²) >= 11 is 0. The zero-order chi connectivity index (χ0) is 12.2. The van der Waals surface area contributed by atoms with Crippen LogP contribution in [0.5, 0.6) is 0 Å². The number of pyridine rings is 1. The van der Waals surface area contributed by atoms with Gasteiger partial charge < -0.3 is 10.4 Å². The van der Waals surface area contributed by atoms with Crippen LogP contribution in [0.3, 0.4) is 0 Å². The number of hydrogen-bond acceptors (Lipinski definition) is 3. The molecule has 0 radical (unpaired) electrons. The average Bonchev–Trinajstić information content (AvgIpc) is 2.19. The van der Waals surface area contributed by atoms with Crippen LogP contribution in [0.2, 0.25) is 0 Å². The molecule has 0 aliphatic rings. The smallest absolute Gasteiger partial charge is 0.129 e. The second kappa shape index (κ2) is 5.30. The van der Waals surface area contributed by atoms with Crippen molar-refractivity contribution in [3.8, 4) is 0 Å². The Morgan fingerprint density at radius 1 is 1.44 bits per heavy atom. The molecule has 1 aromatic heterocycles. The molecule has 1 rings (SSSR count). The number of nitrogens with zero attached hydrogens (tertiary/aromatic N) is 1. The Morgan fingerprint density at radius 2 is 2.12 bits per heavy atom. The SMILES string of the molecule is Cc1cccnc1NC(CCO)C(C)(C)C. The summed E-state index contributed by atoms with van der Waals surface area (Å²) in [5, 5.41) is 12.5. The predicted molar refractivity (Wildman–Crippen MR) is 67.5 cm³/mol. The fourth-order valence-electron chi connectivity index (χ4n) is 1.65. The molecule has 0 aliphatic carbocycles. The molecule has 0 bridgehead atoms. The highest BCUT2D eigenvalue weighted by atomic mass is 16.3. The molecule has 3 heteroatoms. The fourth-order valence-corrected chi connectivity index (χ4v) is 1.65. The summed E-state index contributed by atoms with van der Waals surface area (Å²) < 4.78 is 0. The molecule has 3 nitrogen and oxygen atoms in total. The summed E-state index contributed by atoms with van der Waals surface area (Å²) in [6, 6.07) is 4.19. The summed E-state index contributed by atoms with van der Waals surface area (Å²) in [5.74, 6) is 0.913. The van der Waals surface area contributed by atoms with Crippen LogP contribution < -0.4 is 5.32 Å². The lowest BCUT2D eigenvalue weighted by Crippen LogP contribution is -2.35. The van der Waals surface area contributed by atoms with Crippen molar-refractivity contribution in [3.63, 3.8) is 0 Å². The van der Waals surface area contributed by atoms with Crippen molar-refractivity contribution >= 4 is 5.82 Å². The van der Waals surface area contributed by atoms with Crippen LogP contribution >= 0.6 is 0 Å². The van der Waals surface area contributed by atoms with E-state index in [4.69, 9.17) is 5.11 Å². The van der Waals surface area contributed by atoms with E-state index < -0.39 is 0 Å². The number of aryl methyl sites for hydroxylation is 1. The molecule has 1 atom stereocenters. The van der Waals surface area contributed by atoms with Gasteiger partial charge in [0.05, 0.1) is 0 Å².